The van der Waals surface area contributed by atoms with E-state index in [1.165, 1.54) is 30.3 Å². The first-order chi connectivity index (χ1) is 16.7. The van der Waals surface area contributed by atoms with Crippen LogP contribution in [0.5, 0.6) is 5.75 Å². The third-order valence-electron chi connectivity index (χ3n) is 5.48. The zero-order chi connectivity index (χ0) is 24.7. The van der Waals surface area contributed by atoms with E-state index in [9.17, 15) is 22.8 Å². The standard InChI is InChI=1S/C27H14ClF3O4/c28-21-11-4-3-9-19(21)23-24(32)20-13-12-16(14-22(20)35-25(23)27(29,30)31)34-26(33)18-10-5-7-15-6-1-2-8-17(15)18/h1-14H. The van der Waals surface area contributed by atoms with Crippen LogP contribution in [0.4, 0.5) is 13.2 Å². The van der Waals surface area contributed by atoms with E-state index in [-0.39, 0.29) is 32.9 Å². The third kappa shape index (κ3) is 4.15. The average molecular weight is 495 g/mol. The summed E-state index contributed by atoms with van der Waals surface area (Å²) in [6.07, 6.45) is -4.97. The topological polar surface area (TPSA) is 56.5 Å². The van der Waals surface area contributed by atoms with Gasteiger partial charge < -0.3 is 9.15 Å². The molecule has 5 aromatic rings. The van der Waals surface area contributed by atoms with Gasteiger partial charge in [-0.25, -0.2) is 4.79 Å². The summed E-state index contributed by atoms with van der Waals surface area (Å²) < 4.78 is 52.3. The van der Waals surface area contributed by atoms with Crippen LogP contribution in [0.15, 0.2) is 94.1 Å². The molecule has 4 aromatic carbocycles. The monoisotopic (exact) mass is 494 g/mol. The van der Waals surface area contributed by atoms with Crippen molar-refractivity contribution < 1.29 is 27.1 Å². The average Bonchev–Trinajstić information content (AvgIpc) is 2.83. The number of halogens is 4. The molecule has 35 heavy (non-hydrogen) atoms. The second kappa shape index (κ2) is 8.60. The van der Waals surface area contributed by atoms with Crippen molar-refractivity contribution in [2.75, 3.05) is 0 Å². The Labute approximate surface area is 201 Å². The molecule has 0 N–H and O–H groups in total. The number of carbonyl (C=O) groups excluding carboxylic acids is 1. The van der Waals surface area contributed by atoms with Crippen LogP contribution in [0.1, 0.15) is 16.1 Å². The first-order valence-corrected chi connectivity index (χ1v) is 10.7. The van der Waals surface area contributed by atoms with Crippen LogP contribution < -0.4 is 10.2 Å². The van der Waals surface area contributed by atoms with E-state index in [1.54, 1.807) is 30.3 Å². The van der Waals surface area contributed by atoms with Crippen molar-refractivity contribution in [2.24, 2.45) is 0 Å². The summed E-state index contributed by atoms with van der Waals surface area (Å²) in [6, 6.07) is 21.7. The van der Waals surface area contributed by atoms with Gasteiger partial charge in [0.05, 0.1) is 16.5 Å². The summed E-state index contributed by atoms with van der Waals surface area (Å²) in [7, 11) is 0. The second-order valence-corrected chi connectivity index (χ2v) is 8.09. The van der Waals surface area contributed by atoms with Crippen molar-refractivity contribution in [1.29, 1.82) is 0 Å². The Morgan fingerprint density at radius 2 is 1.57 bits per heavy atom. The molecule has 0 saturated heterocycles. The molecule has 0 aliphatic heterocycles. The molecule has 8 heteroatoms. The van der Waals surface area contributed by atoms with Crippen LogP contribution in [0, 0.1) is 0 Å². The van der Waals surface area contributed by atoms with Gasteiger partial charge in [0.25, 0.3) is 0 Å². The predicted octanol–water partition coefficient (Wildman–Crippen LogP) is 7.50. The molecule has 1 heterocycles. The van der Waals surface area contributed by atoms with Crippen molar-refractivity contribution in [3.05, 3.63) is 111 Å². The fourth-order valence-electron chi connectivity index (χ4n) is 3.91. The van der Waals surface area contributed by atoms with Gasteiger partial charge in [-0.1, -0.05) is 66.2 Å². The van der Waals surface area contributed by atoms with Crippen LogP contribution >= 0.6 is 11.6 Å². The molecule has 0 amide bonds. The Balaban J connectivity index is 1.61. The number of hydrogen-bond donors (Lipinski definition) is 0. The summed E-state index contributed by atoms with van der Waals surface area (Å²) in [5.41, 5.74) is -1.77. The Morgan fingerprint density at radius 3 is 2.34 bits per heavy atom. The first-order valence-electron chi connectivity index (χ1n) is 10.4. The minimum Gasteiger partial charge on any atom is -0.450 e. The summed E-state index contributed by atoms with van der Waals surface area (Å²) in [5.74, 6) is -2.26. The number of esters is 1. The van der Waals surface area contributed by atoms with Crippen LogP contribution in [0.3, 0.4) is 0 Å². The number of hydrogen-bond acceptors (Lipinski definition) is 4. The van der Waals surface area contributed by atoms with E-state index in [0.29, 0.717) is 5.39 Å². The lowest BCUT2D eigenvalue weighted by atomic mass is 10.0. The molecule has 0 spiro atoms. The number of rotatable bonds is 3. The van der Waals surface area contributed by atoms with Crippen molar-refractivity contribution in [3.8, 4) is 16.9 Å². The number of carbonyl (C=O) groups is 1. The van der Waals surface area contributed by atoms with Crippen LogP contribution in [0.2, 0.25) is 5.02 Å². The molecule has 0 bridgehead atoms. The fraction of sp³-hybridized carbons (Fsp3) is 0.0370. The summed E-state index contributed by atoms with van der Waals surface area (Å²) in [5, 5.41) is 1.35. The van der Waals surface area contributed by atoms with Crippen molar-refractivity contribution in [2.45, 2.75) is 6.18 Å². The van der Waals surface area contributed by atoms with Gasteiger partial charge in [-0.2, -0.15) is 13.2 Å². The lowest BCUT2D eigenvalue weighted by Crippen LogP contribution is -2.16. The van der Waals surface area contributed by atoms with Gasteiger partial charge in [0, 0.05) is 16.7 Å². The Bertz CT molecular complexity index is 1670. The highest BCUT2D eigenvalue weighted by molar-refractivity contribution is 6.33. The van der Waals surface area contributed by atoms with E-state index >= 15 is 0 Å². The molecule has 0 fully saturated rings. The summed E-state index contributed by atoms with van der Waals surface area (Å²) >= 11 is 6.08. The van der Waals surface area contributed by atoms with Gasteiger partial charge in [-0.15, -0.1) is 0 Å². The highest BCUT2D eigenvalue weighted by atomic mass is 35.5. The smallest absolute Gasteiger partial charge is 0.450 e. The molecular formula is C27H14ClF3O4. The molecule has 0 radical (unpaired) electrons. The molecule has 0 unspecified atom stereocenters. The number of alkyl halides is 3. The quantitative estimate of drug-likeness (QED) is 0.192. The lowest BCUT2D eigenvalue weighted by molar-refractivity contribution is -0.152. The molecule has 0 aliphatic rings. The molecule has 174 valence electrons. The molecule has 0 aliphatic carbocycles. The van der Waals surface area contributed by atoms with Crippen LogP contribution in [-0.4, -0.2) is 5.97 Å². The number of benzene rings is 4. The minimum absolute atomic E-state index is 0.0229. The van der Waals surface area contributed by atoms with Crippen molar-refractivity contribution in [3.63, 3.8) is 0 Å². The van der Waals surface area contributed by atoms with E-state index < -0.39 is 28.9 Å². The van der Waals surface area contributed by atoms with Gasteiger partial charge >= 0.3 is 12.1 Å². The third-order valence-corrected chi connectivity index (χ3v) is 5.81. The Morgan fingerprint density at radius 1 is 0.857 bits per heavy atom. The van der Waals surface area contributed by atoms with Crippen LogP contribution in [0.25, 0.3) is 32.9 Å². The molecule has 1 aromatic heterocycles. The minimum atomic E-state index is -4.97. The summed E-state index contributed by atoms with van der Waals surface area (Å²) in [4.78, 5) is 25.9. The Hall–Kier alpha value is -4.10. The maximum atomic E-state index is 13.9. The fourth-order valence-corrected chi connectivity index (χ4v) is 4.14. The second-order valence-electron chi connectivity index (χ2n) is 7.69. The SMILES string of the molecule is O=C(Oc1ccc2c(=O)c(-c3ccccc3Cl)c(C(F)(F)F)oc2c1)c1cccc2ccccc12. The van der Waals surface area contributed by atoms with E-state index in [0.717, 1.165) is 11.5 Å². The van der Waals surface area contributed by atoms with Gasteiger partial charge in [0.15, 0.2) is 0 Å². The van der Waals surface area contributed by atoms with E-state index in [4.69, 9.17) is 20.8 Å². The lowest BCUT2D eigenvalue weighted by Gasteiger charge is -2.14. The van der Waals surface area contributed by atoms with Gasteiger partial charge in [0.2, 0.25) is 11.2 Å². The Kier molecular flexibility index (Phi) is 5.57. The summed E-state index contributed by atoms with van der Waals surface area (Å²) in [6.45, 7) is 0. The zero-order valence-corrected chi connectivity index (χ0v) is 18.5. The highest BCUT2D eigenvalue weighted by Crippen LogP contribution is 2.39. The molecule has 0 atom stereocenters. The number of fused-ring (bicyclic) bond motifs is 2. The van der Waals surface area contributed by atoms with E-state index in [2.05, 4.69) is 0 Å². The molecule has 5 rings (SSSR count). The molecule has 0 saturated carbocycles. The molecular weight excluding hydrogens is 481 g/mol. The van der Waals surface area contributed by atoms with E-state index in [1.807, 2.05) is 18.2 Å². The predicted molar refractivity (Wildman–Crippen MR) is 127 cm³/mol. The maximum Gasteiger partial charge on any atom is 0.450 e. The van der Waals surface area contributed by atoms with Crippen LogP contribution in [-0.2, 0) is 6.18 Å². The largest absolute Gasteiger partial charge is 0.450 e. The number of ether oxygens (including phenoxy) is 1. The highest BCUT2D eigenvalue weighted by Gasteiger charge is 2.39. The van der Waals surface area contributed by atoms with Gasteiger partial charge in [0.1, 0.15) is 11.3 Å². The van der Waals surface area contributed by atoms with Crippen molar-refractivity contribution in [1.82, 2.24) is 0 Å². The zero-order valence-electron chi connectivity index (χ0n) is 17.7. The van der Waals surface area contributed by atoms with Gasteiger partial charge in [-0.3, -0.25) is 4.79 Å². The van der Waals surface area contributed by atoms with Gasteiger partial charge in [-0.05, 0) is 35.0 Å². The molecule has 4 nitrogen and oxygen atoms in total. The van der Waals surface area contributed by atoms with Crippen molar-refractivity contribution >= 4 is 39.3 Å². The maximum absolute atomic E-state index is 13.9. The normalized spacial score (nSPS) is 11.7. The first kappa shape index (κ1) is 22.7.